The Labute approximate surface area is 148 Å². The lowest BCUT2D eigenvalue weighted by atomic mass is 9.87. The molecule has 3 rings (SSSR count). The van der Waals surface area contributed by atoms with Gasteiger partial charge in [0.2, 0.25) is 0 Å². The minimum absolute atomic E-state index is 0.0257. The number of nitrogens with one attached hydrogen (secondary N) is 1. The maximum atomic E-state index is 12.7. The second-order valence-electron chi connectivity index (χ2n) is 5.71. The van der Waals surface area contributed by atoms with Gasteiger partial charge in [-0.2, -0.15) is 0 Å². The number of benzene rings is 1. The SMILES string of the molecule is COc1c(C(=O)NC2CCCc3cc(N)ccc32)sc(C)c1Br. The highest BCUT2D eigenvalue weighted by atomic mass is 79.9. The van der Waals surface area contributed by atoms with Gasteiger partial charge in [-0.3, -0.25) is 4.79 Å². The van der Waals surface area contributed by atoms with E-state index in [1.165, 1.54) is 22.5 Å². The standard InChI is InChI=1S/C17H19BrN2O2S/c1-9-14(18)15(22-2)16(23-9)17(21)20-13-5-3-4-10-8-11(19)6-7-12(10)13/h6-8,13H,3-5,19H2,1-2H3,(H,20,21). The third kappa shape index (κ3) is 3.10. The van der Waals surface area contributed by atoms with Gasteiger partial charge in [-0.05, 0) is 65.4 Å². The van der Waals surface area contributed by atoms with Gasteiger partial charge in [0.05, 0.1) is 17.6 Å². The zero-order valence-corrected chi connectivity index (χ0v) is 15.5. The van der Waals surface area contributed by atoms with Crippen LogP contribution in [0.25, 0.3) is 0 Å². The third-order valence-electron chi connectivity index (χ3n) is 4.17. The predicted octanol–water partition coefficient (Wildman–Crippen LogP) is 4.22. The minimum Gasteiger partial charge on any atom is -0.494 e. The summed E-state index contributed by atoms with van der Waals surface area (Å²) in [4.78, 5) is 14.4. The molecule has 1 aliphatic carbocycles. The Balaban J connectivity index is 1.86. The molecule has 2 aromatic rings. The van der Waals surface area contributed by atoms with Crippen LogP contribution in [0.3, 0.4) is 0 Å². The maximum Gasteiger partial charge on any atom is 0.265 e. The van der Waals surface area contributed by atoms with Crippen molar-refractivity contribution < 1.29 is 9.53 Å². The number of fused-ring (bicyclic) bond motifs is 1. The second kappa shape index (κ2) is 6.53. The molecule has 1 aromatic carbocycles. The molecule has 3 N–H and O–H groups in total. The molecule has 0 fully saturated rings. The largest absolute Gasteiger partial charge is 0.494 e. The second-order valence-corrected chi connectivity index (χ2v) is 7.73. The van der Waals surface area contributed by atoms with Crippen molar-refractivity contribution in [3.05, 3.63) is 43.6 Å². The monoisotopic (exact) mass is 394 g/mol. The highest BCUT2D eigenvalue weighted by Gasteiger charge is 2.26. The maximum absolute atomic E-state index is 12.7. The first kappa shape index (κ1) is 16.3. The minimum atomic E-state index is -0.0877. The fraction of sp³-hybridized carbons (Fsp3) is 0.353. The van der Waals surface area contributed by atoms with Crippen molar-refractivity contribution in [3.8, 4) is 5.75 Å². The van der Waals surface area contributed by atoms with E-state index in [-0.39, 0.29) is 11.9 Å². The van der Waals surface area contributed by atoms with Crippen LogP contribution in [0.2, 0.25) is 0 Å². The van der Waals surface area contributed by atoms with E-state index in [9.17, 15) is 4.79 Å². The number of methoxy groups -OCH3 is 1. The number of carbonyl (C=O) groups is 1. The van der Waals surface area contributed by atoms with Gasteiger partial charge in [-0.15, -0.1) is 11.3 Å². The van der Waals surface area contributed by atoms with E-state index in [1.807, 2.05) is 25.1 Å². The first-order chi connectivity index (χ1) is 11.0. The van der Waals surface area contributed by atoms with Crippen LogP contribution in [0.5, 0.6) is 5.75 Å². The molecule has 0 saturated heterocycles. The average Bonchev–Trinajstić information content (AvgIpc) is 2.82. The molecule has 0 aliphatic heterocycles. The first-order valence-electron chi connectivity index (χ1n) is 7.53. The molecule has 1 aliphatic rings. The molecule has 4 nitrogen and oxygen atoms in total. The van der Waals surface area contributed by atoms with Crippen molar-refractivity contribution in [1.82, 2.24) is 5.32 Å². The number of thiophene rings is 1. The zero-order valence-electron chi connectivity index (χ0n) is 13.1. The summed E-state index contributed by atoms with van der Waals surface area (Å²) in [6.07, 6.45) is 3.00. The van der Waals surface area contributed by atoms with Crippen LogP contribution in [-0.4, -0.2) is 13.0 Å². The Morgan fingerprint density at radius 1 is 1.48 bits per heavy atom. The van der Waals surface area contributed by atoms with Crippen molar-refractivity contribution >= 4 is 38.9 Å². The van der Waals surface area contributed by atoms with Crippen LogP contribution in [0.15, 0.2) is 22.7 Å². The van der Waals surface area contributed by atoms with Gasteiger partial charge in [-0.1, -0.05) is 6.07 Å². The zero-order chi connectivity index (χ0) is 16.6. The molecular weight excluding hydrogens is 376 g/mol. The van der Waals surface area contributed by atoms with Gasteiger partial charge < -0.3 is 15.8 Å². The molecule has 6 heteroatoms. The van der Waals surface area contributed by atoms with Gasteiger partial charge in [0, 0.05) is 10.6 Å². The van der Waals surface area contributed by atoms with E-state index >= 15 is 0 Å². The Bertz CT molecular complexity index is 757. The summed E-state index contributed by atoms with van der Waals surface area (Å²) < 4.78 is 6.23. The van der Waals surface area contributed by atoms with Crippen molar-refractivity contribution in [2.45, 2.75) is 32.2 Å². The summed E-state index contributed by atoms with van der Waals surface area (Å²) in [5.74, 6) is 0.522. The number of anilines is 1. The van der Waals surface area contributed by atoms with Crippen molar-refractivity contribution in [3.63, 3.8) is 0 Å². The number of hydrogen-bond donors (Lipinski definition) is 2. The lowest BCUT2D eigenvalue weighted by molar-refractivity contribution is 0.0934. The lowest BCUT2D eigenvalue weighted by Crippen LogP contribution is -2.30. The molecule has 1 aromatic heterocycles. The highest BCUT2D eigenvalue weighted by molar-refractivity contribution is 9.10. The van der Waals surface area contributed by atoms with Crippen LogP contribution in [0.4, 0.5) is 5.69 Å². The van der Waals surface area contributed by atoms with Gasteiger partial charge in [0.25, 0.3) is 5.91 Å². The van der Waals surface area contributed by atoms with Crippen LogP contribution in [-0.2, 0) is 6.42 Å². The number of rotatable bonds is 3. The third-order valence-corrected chi connectivity index (χ3v) is 6.47. The number of amides is 1. The molecule has 0 radical (unpaired) electrons. The lowest BCUT2D eigenvalue weighted by Gasteiger charge is -2.26. The van der Waals surface area contributed by atoms with E-state index in [2.05, 4.69) is 21.2 Å². The fourth-order valence-electron chi connectivity index (χ4n) is 3.04. The first-order valence-corrected chi connectivity index (χ1v) is 9.14. The Morgan fingerprint density at radius 2 is 2.26 bits per heavy atom. The molecule has 0 saturated carbocycles. The van der Waals surface area contributed by atoms with E-state index < -0.39 is 0 Å². The summed E-state index contributed by atoms with van der Waals surface area (Å²) in [7, 11) is 1.59. The molecule has 0 bridgehead atoms. The van der Waals surface area contributed by atoms with Crippen LogP contribution in [0.1, 0.15) is 44.6 Å². The molecule has 122 valence electrons. The fourth-order valence-corrected chi connectivity index (χ4v) is 4.70. The number of aryl methyl sites for hydroxylation is 2. The summed E-state index contributed by atoms with van der Waals surface area (Å²) in [6, 6.07) is 5.97. The summed E-state index contributed by atoms with van der Waals surface area (Å²) in [5.41, 5.74) is 9.05. The molecular formula is C17H19BrN2O2S. The Morgan fingerprint density at radius 3 is 3.00 bits per heavy atom. The number of ether oxygens (including phenoxy) is 1. The van der Waals surface area contributed by atoms with Gasteiger partial charge in [0.1, 0.15) is 4.88 Å². The molecule has 1 heterocycles. The number of hydrogen-bond acceptors (Lipinski definition) is 4. The number of carbonyl (C=O) groups excluding carboxylic acids is 1. The van der Waals surface area contributed by atoms with Crippen LogP contribution >= 0.6 is 27.3 Å². The summed E-state index contributed by atoms with van der Waals surface area (Å²) in [5, 5.41) is 3.16. The summed E-state index contributed by atoms with van der Waals surface area (Å²) >= 11 is 4.92. The Kier molecular flexibility index (Phi) is 4.64. The van der Waals surface area contributed by atoms with Crippen LogP contribution < -0.4 is 15.8 Å². The highest BCUT2D eigenvalue weighted by Crippen LogP contribution is 2.40. The van der Waals surface area contributed by atoms with E-state index in [0.717, 1.165) is 34.3 Å². The van der Waals surface area contributed by atoms with Gasteiger partial charge in [-0.25, -0.2) is 0 Å². The van der Waals surface area contributed by atoms with E-state index in [4.69, 9.17) is 10.5 Å². The number of nitrogens with two attached hydrogens (primary N) is 1. The van der Waals surface area contributed by atoms with Gasteiger partial charge >= 0.3 is 0 Å². The van der Waals surface area contributed by atoms with Crippen molar-refractivity contribution in [2.75, 3.05) is 12.8 Å². The summed E-state index contributed by atoms with van der Waals surface area (Å²) in [6.45, 7) is 1.97. The van der Waals surface area contributed by atoms with Gasteiger partial charge in [0.15, 0.2) is 5.75 Å². The number of halogens is 1. The molecule has 1 atom stereocenters. The van der Waals surface area contributed by atoms with Crippen molar-refractivity contribution in [2.24, 2.45) is 0 Å². The van der Waals surface area contributed by atoms with E-state index in [0.29, 0.717) is 10.6 Å². The molecule has 0 spiro atoms. The molecule has 1 amide bonds. The van der Waals surface area contributed by atoms with Crippen LogP contribution in [0, 0.1) is 6.92 Å². The van der Waals surface area contributed by atoms with E-state index in [1.54, 1.807) is 7.11 Å². The van der Waals surface area contributed by atoms with Crippen molar-refractivity contribution in [1.29, 1.82) is 0 Å². The molecule has 23 heavy (non-hydrogen) atoms. The predicted molar refractivity (Wildman–Crippen MR) is 97.3 cm³/mol. The normalized spacial score (nSPS) is 16.7. The quantitative estimate of drug-likeness (QED) is 0.765. The topological polar surface area (TPSA) is 64.3 Å². The Hall–Kier alpha value is -1.53. The number of nitrogen functional groups attached to an aromatic ring is 1. The molecule has 1 unspecified atom stereocenters. The smallest absolute Gasteiger partial charge is 0.265 e. The average molecular weight is 395 g/mol.